The molecular formula is C14H22F3NO3S2. The lowest BCUT2D eigenvalue weighted by Gasteiger charge is -2.04. The number of carbonyl (C=O) groups is 2. The number of thioether (sulfide) groups is 1. The highest BCUT2D eigenvalue weighted by molar-refractivity contribution is 8.26. The van der Waals surface area contributed by atoms with Crippen LogP contribution in [0.15, 0.2) is 11.0 Å². The second kappa shape index (κ2) is 13.4. The lowest BCUT2D eigenvalue weighted by Crippen LogP contribution is -2.22. The third-order valence-corrected chi connectivity index (χ3v) is 3.98. The van der Waals surface area contributed by atoms with Crippen molar-refractivity contribution in [1.82, 2.24) is 4.90 Å². The van der Waals surface area contributed by atoms with E-state index < -0.39 is 12.6 Å². The number of allylic oxidation sites excluding steroid dienone is 1. The van der Waals surface area contributed by atoms with E-state index in [2.05, 4.69) is 13.8 Å². The van der Waals surface area contributed by atoms with E-state index in [0.29, 0.717) is 4.32 Å². The number of unbranched alkanes of at least 4 members (excludes halogenated alkanes) is 2. The molecule has 0 aromatic rings. The van der Waals surface area contributed by atoms with Gasteiger partial charge in [-0.25, -0.2) is 0 Å². The molecule has 0 saturated carbocycles. The van der Waals surface area contributed by atoms with Crippen molar-refractivity contribution in [2.75, 3.05) is 7.05 Å². The first kappa shape index (κ1) is 24.2. The van der Waals surface area contributed by atoms with Crippen molar-refractivity contribution < 1.29 is 27.9 Å². The zero-order valence-corrected chi connectivity index (χ0v) is 15.0. The molecule has 9 heteroatoms. The molecule has 0 aromatic carbocycles. The van der Waals surface area contributed by atoms with E-state index in [4.69, 9.17) is 22.1 Å². The van der Waals surface area contributed by atoms with Crippen molar-refractivity contribution in [2.24, 2.45) is 0 Å². The molecule has 1 N–H and O–H groups in total. The summed E-state index contributed by atoms with van der Waals surface area (Å²) in [5, 5.41) is 6.89. The Bertz CT molecular complexity index is 411. The molecule has 23 heavy (non-hydrogen) atoms. The van der Waals surface area contributed by atoms with Gasteiger partial charge in [0.15, 0.2) is 0 Å². The smallest absolute Gasteiger partial charge is 0.389 e. The second-order valence-electron chi connectivity index (χ2n) is 4.41. The Balaban J connectivity index is 0. The van der Waals surface area contributed by atoms with Gasteiger partial charge < -0.3 is 5.11 Å². The third kappa shape index (κ3) is 13.1. The Morgan fingerprint density at radius 2 is 1.78 bits per heavy atom. The Labute approximate surface area is 144 Å². The van der Waals surface area contributed by atoms with Gasteiger partial charge in [0.1, 0.15) is 4.32 Å². The molecule has 0 bridgehead atoms. The van der Waals surface area contributed by atoms with E-state index in [1.165, 1.54) is 37.3 Å². The van der Waals surface area contributed by atoms with E-state index in [1.54, 1.807) is 0 Å². The summed E-state index contributed by atoms with van der Waals surface area (Å²) in [7, 11) is 1.50. The standard InChI is InChI=1S/C8H8F3NOS2.C5H12.CH2O2/c1-12-6(13)5(15-7(12)14)3-2-4-8(9,10)11;1-3-5-4-2;2-1-3/h3H,2,4H2,1H3;3-5H2,1-2H3;1H,(H,2,3)/b5-3-;;. The topological polar surface area (TPSA) is 57.6 Å². The highest BCUT2D eigenvalue weighted by Crippen LogP contribution is 2.31. The largest absolute Gasteiger partial charge is 0.483 e. The van der Waals surface area contributed by atoms with Crippen LogP contribution < -0.4 is 0 Å². The first-order valence-corrected chi connectivity index (χ1v) is 8.21. The first-order chi connectivity index (χ1) is 10.6. The van der Waals surface area contributed by atoms with Crippen LogP contribution in [0.2, 0.25) is 0 Å². The minimum atomic E-state index is -4.18. The summed E-state index contributed by atoms with van der Waals surface area (Å²) in [4.78, 5) is 21.2. The maximum absolute atomic E-state index is 11.8. The van der Waals surface area contributed by atoms with E-state index in [9.17, 15) is 18.0 Å². The third-order valence-electron chi connectivity index (χ3n) is 2.45. The molecule has 1 amide bonds. The number of rotatable bonds is 4. The van der Waals surface area contributed by atoms with Crippen LogP contribution in [0.3, 0.4) is 0 Å². The first-order valence-electron chi connectivity index (χ1n) is 6.99. The average Bonchev–Trinajstić information content (AvgIpc) is 2.68. The molecule has 0 radical (unpaired) electrons. The van der Waals surface area contributed by atoms with Gasteiger partial charge in [0.25, 0.3) is 12.4 Å². The SMILES string of the molecule is CCCCC.CN1C(=O)/C(=C/CCC(F)(F)F)SC1=S.O=CO. The molecule has 1 aliphatic heterocycles. The van der Waals surface area contributed by atoms with Crippen LogP contribution in [0.4, 0.5) is 13.2 Å². The van der Waals surface area contributed by atoms with Crippen molar-refractivity contribution in [3.63, 3.8) is 0 Å². The van der Waals surface area contributed by atoms with E-state index >= 15 is 0 Å². The molecule has 1 aliphatic rings. The summed E-state index contributed by atoms with van der Waals surface area (Å²) in [6.45, 7) is 4.17. The number of amides is 1. The fraction of sp³-hybridized carbons (Fsp3) is 0.643. The Morgan fingerprint density at radius 1 is 1.30 bits per heavy atom. The molecule has 1 fully saturated rings. The van der Waals surface area contributed by atoms with Gasteiger partial charge in [0, 0.05) is 13.5 Å². The minimum Gasteiger partial charge on any atom is -0.483 e. The lowest BCUT2D eigenvalue weighted by atomic mass is 10.3. The Hall–Kier alpha value is -1.09. The van der Waals surface area contributed by atoms with Crippen LogP contribution in [0.1, 0.15) is 46.0 Å². The fourth-order valence-corrected chi connectivity index (χ4v) is 2.49. The van der Waals surface area contributed by atoms with Gasteiger partial charge in [-0.1, -0.05) is 63.2 Å². The van der Waals surface area contributed by atoms with Gasteiger partial charge in [0.2, 0.25) is 0 Å². The van der Waals surface area contributed by atoms with Crippen molar-refractivity contribution in [3.05, 3.63) is 11.0 Å². The molecule has 4 nitrogen and oxygen atoms in total. The average molecular weight is 373 g/mol. The number of alkyl halides is 3. The van der Waals surface area contributed by atoms with Crippen LogP contribution in [0.25, 0.3) is 0 Å². The zero-order valence-electron chi connectivity index (χ0n) is 13.4. The maximum Gasteiger partial charge on any atom is 0.389 e. The Kier molecular flexibility index (Phi) is 14.0. The normalized spacial score (nSPS) is 15.7. The van der Waals surface area contributed by atoms with Gasteiger partial charge in [-0.3, -0.25) is 14.5 Å². The molecule has 0 atom stereocenters. The molecule has 0 aliphatic carbocycles. The summed E-state index contributed by atoms with van der Waals surface area (Å²) in [6, 6.07) is 0. The van der Waals surface area contributed by atoms with Crippen LogP contribution in [-0.2, 0) is 9.59 Å². The number of halogens is 3. The van der Waals surface area contributed by atoms with E-state index in [1.807, 2.05) is 0 Å². The molecule has 0 unspecified atom stereocenters. The Morgan fingerprint density at radius 3 is 2.04 bits per heavy atom. The number of carbonyl (C=O) groups excluding carboxylic acids is 1. The predicted octanol–water partition coefficient (Wildman–Crippen LogP) is 4.60. The summed E-state index contributed by atoms with van der Waals surface area (Å²) in [6.07, 6.45) is 0.0773. The number of nitrogens with zero attached hydrogens (tertiary/aromatic N) is 1. The molecule has 0 spiro atoms. The van der Waals surface area contributed by atoms with E-state index in [-0.39, 0.29) is 23.7 Å². The zero-order chi connectivity index (χ0) is 18.5. The molecule has 0 aromatic heterocycles. The number of likely N-dealkylation sites (N-methyl/N-ethyl adjacent to an activating group) is 1. The molecule has 1 rings (SSSR count). The van der Waals surface area contributed by atoms with Crippen molar-refractivity contribution in [2.45, 2.75) is 52.1 Å². The number of thiocarbonyl (C=S) groups is 1. The van der Waals surface area contributed by atoms with Gasteiger partial charge >= 0.3 is 6.18 Å². The molecule has 1 saturated heterocycles. The van der Waals surface area contributed by atoms with Gasteiger partial charge in [0.05, 0.1) is 4.91 Å². The molecular weight excluding hydrogens is 351 g/mol. The summed E-state index contributed by atoms with van der Waals surface area (Å²) in [5.74, 6) is -0.327. The number of hydrogen-bond donors (Lipinski definition) is 1. The fourth-order valence-electron chi connectivity index (χ4n) is 1.30. The van der Waals surface area contributed by atoms with Gasteiger partial charge in [-0.2, -0.15) is 13.2 Å². The quantitative estimate of drug-likeness (QED) is 0.443. The maximum atomic E-state index is 11.8. The van der Waals surface area contributed by atoms with Crippen molar-refractivity contribution in [1.29, 1.82) is 0 Å². The van der Waals surface area contributed by atoms with Gasteiger partial charge in [-0.15, -0.1) is 0 Å². The van der Waals surface area contributed by atoms with Crippen LogP contribution in [0, 0.1) is 0 Å². The number of carboxylic acid groups (broad SMARTS) is 1. The van der Waals surface area contributed by atoms with Gasteiger partial charge in [-0.05, 0) is 6.42 Å². The van der Waals surface area contributed by atoms with Crippen molar-refractivity contribution in [3.8, 4) is 0 Å². The van der Waals surface area contributed by atoms with Crippen LogP contribution in [0.5, 0.6) is 0 Å². The monoisotopic (exact) mass is 373 g/mol. The molecule has 134 valence electrons. The highest BCUT2D eigenvalue weighted by atomic mass is 32.2. The molecule has 1 heterocycles. The lowest BCUT2D eigenvalue weighted by molar-refractivity contribution is -0.133. The number of hydrogen-bond acceptors (Lipinski definition) is 4. The van der Waals surface area contributed by atoms with Crippen LogP contribution >= 0.6 is 24.0 Å². The van der Waals surface area contributed by atoms with Crippen LogP contribution in [-0.4, -0.2) is 39.9 Å². The summed E-state index contributed by atoms with van der Waals surface area (Å²) in [5.41, 5.74) is 0. The summed E-state index contributed by atoms with van der Waals surface area (Å²) < 4.78 is 35.8. The highest BCUT2D eigenvalue weighted by Gasteiger charge is 2.30. The predicted molar refractivity (Wildman–Crippen MR) is 90.2 cm³/mol. The minimum absolute atomic E-state index is 0.186. The van der Waals surface area contributed by atoms with E-state index in [0.717, 1.165) is 11.8 Å². The second-order valence-corrected chi connectivity index (χ2v) is 6.09. The van der Waals surface area contributed by atoms with Crippen molar-refractivity contribution >= 4 is 40.7 Å². The summed E-state index contributed by atoms with van der Waals surface area (Å²) >= 11 is 5.86.